The number of anilines is 1. The lowest BCUT2D eigenvalue weighted by atomic mass is 10.1. The van der Waals surface area contributed by atoms with Crippen LogP contribution < -0.4 is 5.32 Å². The Morgan fingerprint density at radius 1 is 0.938 bits per heavy atom. The van der Waals surface area contributed by atoms with Crippen LogP contribution in [0.1, 0.15) is 18.5 Å². The van der Waals surface area contributed by atoms with E-state index in [1.165, 1.54) is 9.13 Å². The van der Waals surface area contributed by atoms with Crippen LogP contribution in [0.3, 0.4) is 0 Å². The first-order valence-electron chi connectivity index (χ1n) is 5.33. The number of halogens is 1. The van der Waals surface area contributed by atoms with Crippen molar-refractivity contribution in [3.8, 4) is 0 Å². The Bertz CT molecular complexity index is 436. The molecule has 0 heterocycles. The molecule has 1 atom stereocenters. The maximum atomic E-state index is 3.48. The summed E-state index contributed by atoms with van der Waals surface area (Å²) in [6.45, 7) is 2.17. The highest BCUT2D eigenvalue weighted by Crippen LogP contribution is 2.19. The molecule has 0 amide bonds. The Hall–Kier alpha value is -1.03. The number of nitrogens with one attached hydrogen (secondary N) is 1. The highest BCUT2D eigenvalue weighted by atomic mass is 127. The first-order valence-corrected chi connectivity index (χ1v) is 6.40. The molecule has 2 aromatic rings. The van der Waals surface area contributed by atoms with Gasteiger partial charge in [-0.1, -0.05) is 30.3 Å². The number of hydrogen-bond acceptors (Lipinski definition) is 1. The van der Waals surface area contributed by atoms with Crippen LogP contribution in [-0.2, 0) is 0 Å². The van der Waals surface area contributed by atoms with E-state index in [-0.39, 0.29) is 0 Å². The van der Waals surface area contributed by atoms with E-state index in [1.807, 2.05) is 6.07 Å². The van der Waals surface area contributed by atoms with E-state index in [1.54, 1.807) is 0 Å². The first-order chi connectivity index (χ1) is 7.75. The normalized spacial score (nSPS) is 12.1. The summed E-state index contributed by atoms with van der Waals surface area (Å²) in [5, 5.41) is 3.48. The molecule has 0 spiro atoms. The predicted octanol–water partition coefficient (Wildman–Crippen LogP) is 4.46. The molecule has 0 aliphatic heterocycles. The van der Waals surface area contributed by atoms with Crippen molar-refractivity contribution in [3.05, 3.63) is 63.7 Å². The third-order valence-corrected chi connectivity index (χ3v) is 3.25. The molecular formula is C14H14IN. The Morgan fingerprint density at radius 2 is 1.56 bits per heavy atom. The topological polar surface area (TPSA) is 12.0 Å². The highest BCUT2D eigenvalue weighted by molar-refractivity contribution is 14.1. The van der Waals surface area contributed by atoms with E-state index in [0.29, 0.717) is 6.04 Å². The SMILES string of the molecule is CC(Nc1ccc(I)cc1)c1ccccc1. The molecule has 0 bridgehead atoms. The van der Waals surface area contributed by atoms with Crippen LogP contribution >= 0.6 is 22.6 Å². The molecule has 0 saturated carbocycles. The summed E-state index contributed by atoms with van der Waals surface area (Å²) in [7, 11) is 0. The van der Waals surface area contributed by atoms with Crippen molar-refractivity contribution in [3.63, 3.8) is 0 Å². The monoisotopic (exact) mass is 323 g/mol. The second kappa shape index (κ2) is 5.34. The van der Waals surface area contributed by atoms with Crippen LogP contribution in [0.15, 0.2) is 54.6 Å². The van der Waals surface area contributed by atoms with Crippen molar-refractivity contribution >= 4 is 28.3 Å². The molecule has 0 fully saturated rings. The average molecular weight is 323 g/mol. The van der Waals surface area contributed by atoms with Gasteiger partial charge in [0, 0.05) is 15.3 Å². The minimum absolute atomic E-state index is 0.335. The minimum Gasteiger partial charge on any atom is -0.379 e. The van der Waals surface area contributed by atoms with Crippen molar-refractivity contribution in [1.82, 2.24) is 0 Å². The third kappa shape index (κ3) is 2.98. The molecule has 0 aliphatic carbocycles. The van der Waals surface area contributed by atoms with Crippen LogP contribution in [0.2, 0.25) is 0 Å². The van der Waals surface area contributed by atoms with E-state index in [9.17, 15) is 0 Å². The Kier molecular flexibility index (Phi) is 3.83. The van der Waals surface area contributed by atoms with E-state index >= 15 is 0 Å². The van der Waals surface area contributed by atoms with Crippen LogP contribution in [0.25, 0.3) is 0 Å². The summed E-state index contributed by atoms with van der Waals surface area (Å²) in [5.74, 6) is 0. The number of hydrogen-bond donors (Lipinski definition) is 1. The zero-order chi connectivity index (χ0) is 11.4. The molecule has 0 radical (unpaired) electrons. The molecule has 0 aliphatic rings. The molecular weight excluding hydrogens is 309 g/mol. The molecule has 1 unspecified atom stereocenters. The molecule has 82 valence electrons. The van der Waals surface area contributed by atoms with Gasteiger partial charge in [0.25, 0.3) is 0 Å². The molecule has 2 rings (SSSR count). The lowest BCUT2D eigenvalue weighted by Gasteiger charge is -2.15. The van der Waals surface area contributed by atoms with Gasteiger partial charge in [-0.25, -0.2) is 0 Å². The standard InChI is InChI=1S/C14H14IN/c1-11(12-5-3-2-4-6-12)16-14-9-7-13(15)8-10-14/h2-11,16H,1H3. The van der Waals surface area contributed by atoms with Gasteiger partial charge in [0.2, 0.25) is 0 Å². The largest absolute Gasteiger partial charge is 0.379 e. The number of rotatable bonds is 3. The smallest absolute Gasteiger partial charge is 0.0485 e. The van der Waals surface area contributed by atoms with Gasteiger partial charge in [-0.2, -0.15) is 0 Å². The predicted molar refractivity (Wildman–Crippen MR) is 77.6 cm³/mol. The van der Waals surface area contributed by atoms with Gasteiger partial charge >= 0.3 is 0 Å². The van der Waals surface area contributed by atoms with Gasteiger partial charge in [0.1, 0.15) is 0 Å². The Balaban J connectivity index is 2.08. The summed E-state index contributed by atoms with van der Waals surface area (Å²) >= 11 is 2.31. The van der Waals surface area contributed by atoms with Gasteiger partial charge in [-0.3, -0.25) is 0 Å². The maximum absolute atomic E-state index is 3.48. The zero-order valence-electron chi connectivity index (χ0n) is 9.15. The van der Waals surface area contributed by atoms with Gasteiger partial charge in [-0.15, -0.1) is 0 Å². The van der Waals surface area contributed by atoms with Crippen molar-refractivity contribution in [2.24, 2.45) is 0 Å². The van der Waals surface area contributed by atoms with Gasteiger partial charge in [0.15, 0.2) is 0 Å². The summed E-state index contributed by atoms with van der Waals surface area (Å²) in [6.07, 6.45) is 0. The van der Waals surface area contributed by atoms with E-state index in [4.69, 9.17) is 0 Å². The molecule has 2 aromatic carbocycles. The molecule has 0 aromatic heterocycles. The minimum atomic E-state index is 0.335. The van der Waals surface area contributed by atoms with Crippen LogP contribution in [0.5, 0.6) is 0 Å². The zero-order valence-corrected chi connectivity index (χ0v) is 11.3. The van der Waals surface area contributed by atoms with Gasteiger partial charge in [-0.05, 0) is 59.3 Å². The molecule has 0 saturated heterocycles. The highest BCUT2D eigenvalue weighted by Gasteiger charge is 2.03. The average Bonchev–Trinajstić information content (AvgIpc) is 2.33. The second-order valence-electron chi connectivity index (χ2n) is 3.78. The second-order valence-corrected chi connectivity index (χ2v) is 5.03. The van der Waals surface area contributed by atoms with Gasteiger partial charge < -0.3 is 5.32 Å². The fraction of sp³-hybridized carbons (Fsp3) is 0.143. The van der Waals surface area contributed by atoms with Crippen molar-refractivity contribution in [2.75, 3.05) is 5.32 Å². The van der Waals surface area contributed by atoms with Crippen molar-refractivity contribution in [2.45, 2.75) is 13.0 Å². The molecule has 1 nitrogen and oxygen atoms in total. The van der Waals surface area contributed by atoms with Crippen LogP contribution in [0.4, 0.5) is 5.69 Å². The van der Waals surface area contributed by atoms with E-state index in [2.05, 4.69) is 83.4 Å². The van der Waals surface area contributed by atoms with Crippen LogP contribution in [-0.4, -0.2) is 0 Å². The summed E-state index contributed by atoms with van der Waals surface area (Å²) in [4.78, 5) is 0. The Morgan fingerprint density at radius 3 is 2.19 bits per heavy atom. The molecule has 16 heavy (non-hydrogen) atoms. The van der Waals surface area contributed by atoms with E-state index in [0.717, 1.165) is 5.69 Å². The fourth-order valence-electron chi connectivity index (χ4n) is 1.62. The van der Waals surface area contributed by atoms with E-state index < -0.39 is 0 Å². The molecule has 1 N–H and O–H groups in total. The third-order valence-electron chi connectivity index (χ3n) is 2.53. The van der Waals surface area contributed by atoms with Gasteiger partial charge in [0.05, 0.1) is 0 Å². The summed E-state index contributed by atoms with van der Waals surface area (Å²) < 4.78 is 1.26. The lowest BCUT2D eigenvalue weighted by molar-refractivity contribution is 0.885. The number of benzene rings is 2. The summed E-state index contributed by atoms with van der Waals surface area (Å²) in [6, 6.07) is 19.3. The maximum Gasteiger partial charge on any atom is 0.0485 e. The molecule has 2 heteroatoms. The van der Waals surface area contributed by atoms with Crippen molar-refractivity contribution in [1.29, 1.82) is 0 Å². The first kappa shape index (κ1) is 11.5. The van der Waals surface area contributed by atoms with Crippen molar-refractivity contribution < 1.29 is 0 Å². The summed E-state index contributed by atoms with van der Waals surface area (Å²) in [5.41, 5.74) is 2.47. The Labute approximate surface area is 110 Å². The lowest BCUT2D eigenvalue weighted by Crippen LogP contribution is -2.06. The quantitative estimate of drug-likeness (QED) is 0.822. The fourth-order valence-corrected chi connectivity index (χ4v) is 1.98. The van der Waals surface area contributed by atoms with Crippen LogP contribution in [0, 0.1) is 3.57 Å².